The molecule has 0 fully saturated rings. The summed E-state index contributed by atoms with van der Waals surface area (Å²) >= 11 is 5.72. The molecule has 1 aliphatic heterocycles. The van der Waals surface area contributed by atoms with Crippen LogP contribution in [0.5, 0.6) is 0 Å². The van der Waals surface area contributed by atoms with E-state index < -0.39 is 11.6 Å². The Kier molecular flexibility index (Phi) is 3.07. The average Bonchev–Trinajstić information content (AvgIpc) is 2.89. The summed E-state index contributed by atoms with van der Waals surface area (Å²) in [7, 11) is 0. The lowest BCUT2D eigenvalue weighted by molar-refractivity contribution is 0.533. The Labute approximate surface area is 129 Å². The molecule has 0 aliphatic carbocycles. The van der Waals surface area contributed by atoms with Gasteiger partial charge in [-0.1, -0.05) is 0 Å². The highest BCUT2D eigenvalue weighted by Gasteiger charge is 2.19. The first kappa shape index (κ1) is 13.6. The number of halogens is 3. The Morgan fingerprint density at radius 2 is 1.95 bits per heavy atom. The van der Waals surface area contributed by atoms with Gasteiger partial charge in [0.1, 0.15) is 17.0 Å². The SMILES string of the molecule is Fc1cnc(Cl)nc1-c1cc(F)c2nc3n(c2c1)CCCC3. The lowest BCUT2D eigenvalue weighted by atomic mass is 10.1. The van der Waals surface area contributed by atoms with E-state index in [-0.39, 0.29) is 11.0 Å². The van der Waals surface area contributed by atoms with Crippen LogP contribution in [0, 0.1) is 11.6 Å². The molecule has 3 aromatic rings. The van der Waals surface area contributed by atoms with Crippen molar-refractivity contribution in [1.29, 1.82) is 0 Å². The Bertz CT molecular complexity index is 891. The molecule has 4 rings (SSSR count). The number of aromatic nitrogens is 4. The number of aryl methyl sites for hydroxylation is 2. The minimum atomic E-state index is -0.637. The Hall–Kier alpha value is -2.08. The highest BCUT2D eigenvalue weighted by Crippen LogP contribution is 2.30. The molecule has 7 heteroatoms. The van der Waals surface area contributed by atoms with E-state index in [1.54, 1.807) is 6.07 Å². The molecule has 112 valence electrons. The average molecular weight is 321 g/mol. The van der Waals surface area contributed by atoms with E-state index in [2.05, 4.69) is 15.0 Å². The molecule has 0 spiro atoms. The zero-order valence-electron chi connectivity index (χ0n) is 11.5. The Morgan fingerprint density at radius 3 is 2.82 bits per heavy atom. The van der Waals surface area contributed by atoms with Crippen LogP contribution in [0.25, 0.3) is 22.3 Å². The highest BCUT2D eigenvalue weighted by molar-refractivity contribution is 6.28. The fourth-order valence-corrected chi connectivity index (χ4v) is 3.04. The second kappa shape index (κ2) is 4.98. The smallest absolute Gasteiger partial charge is 0.223 e. The van der Waals surface area contributed by atoms with Crippen molar-refractivity contribution in [2.75, 3.05) is 0 Å². The minimum absolute atomic E-state index is 0.00726. The van der Waals surface area contributed by atoms with Crippen LogP contribution in [0.3, 0.4) is 0 Å². The molecule has 2 aromatic heterocycles. The molecule has 0 unspecified atom stereocenters. The van der Waals surface area contributed by atoms with Gasteiger partial charge in [0, 0.05) is 18.5 Å². The van der Waals surface area contributed by atoms with Crippen molar-refractivity contribution in [3.8, 4) is 11.3 Å². The molecule has 1 aromatic carbocycles. The summed E-state index contributed by atoms with van der Waals surface area (Å²) in [5, 5.41) is -0.0766. The third kappa shape index (κ3) is 2.06. The second-order valence-corrected chi connectivity index (χ2v) is 5.64. The predicted molar refractivity (Wildman–Crippen MR) is 78.6 cm³/mol. The van der Waals surface area contributed by atoms with E-state index in [0.717, 1.165) is 37.8 Å². The Balaban J connectivity index is 1.98. The standard InChI is InChI=1S/C15H11ClF2N4/c16-15-19-7-10(18)13(21-15)8-5-9(17)14-11(6-8)22-4-2-1-3-12(22)20-14/h5-7H,1-4H2. The van der Waals surface area contributed by atoms with Crippen LogP contribution in [-0.4, -0.2) is 19.5 Å². The molecule has 22 heavy (non-hydrogen) atoms. The normalized spacial score (nSPS) is 14.3. The van der Waals surface area contributed by atoms with E-state index in [4.69, 9.17) is 11.6 Å². The predicted octanol–water partition coefficient (Wildman–Crippen LogP) is 3.76. The lowest BCUT2D eigenvalue weighted by Crippen LogP contribution is -2.10. The molecule has 0 saturated heterocycles. The van der Waals surface area contributed by atoms with Gasteiger partial charge < -0.3 is 4.57 Å². The Morgan fingerprint density at radius 1 is 1.09 bits per heavy atom. The van der Waals surface area contributed by atoms with Crippen LogP contribution >= 0.6 is 11.6 Å². The number of imidazole rings is 1. The molecule has 0 saturated carbocycles. The number of fused-ring (bicyclic) bond motifs is 3. The van der Waals surface area contributed by atoms with Crippen molar-refractivity contribution in [1.82, 2.24) is 19.5 Å². The first-order chi connectivity index (χ1) is 10.6. The van der Waals surface area contributed by atoms with Gasteiger partial charge in [0.05, 0.1) is 11.7 Å². The van der Waals surface area contributed by atoms with Crippen molar-refractivity contribution in [3.63, 3.8) is 0 Å². The quantitative estimate of drug-likeness (QED) is 0.641. The molecule has 0 amide bonds. The van der Waals surface area contributed by atoms with Crippen LogP contribution in [0.4, 0.5) is 8.78 Å². The second-order valence-electron chi connectivity index (χ2n) is 5.30. The lowest BCUT2D eigenvalue weighted by Gasteiger charge is -2.14. The molecule has 0 atom stereocenters. The number of nitrogens with zero attached hydrogens (tertiary/aromatic N) is 4. The van der Waals surface area contributed by atoms with Gasteiger partial charge in [0.2, 0.25) is 5.28 Å². The first-order valence-corrected chi connectivity index (χ1v) is 7.38. The van der Waals surface area contributed by atoms with E-state index in [1.807, 2.05) is 4.57 Å². The van der Waals surface area contributed by atoms with E-state index in [1.165, 1.54) is 6.07 Å². The molecule has 0 N–H and O–H groups in total. The van der Waals surface area contributed by atoms with E-state index >= 15 is 0 Å². The van der Waals surface area contributed by atoms with Crippen LogP contribution in [0.1, 0.15) is 18.7 Å². The van der Waals surface area contributed by atoms with Crippen LogP contribution < -0.4 is 0 Å². The summed E-state index contributed by atoms with van der Waals surface area (Å²) in [5.74, 6) is -0.247. The van der Waals surface area contributed by atoms with Crippen molar-refractivity contribution in [2.24, 2.45) is 0 Å². The maximum absolute atomic E-state index is 14.4. The molecule has 0 bridgehead atoms. The largest absolute Gasteiger partial charge is 0.328 e. The van der Waals surface area contributed by atoms with Gasteiger partial charge in [0.15, 0.2) is 11.6 Å². The maximum atomic E-state index is 14.4. The van der Waals surface area contributed by atoms with Gasteiger partial charge in [-0.25, -0.2) is 23.7 Å². The van der Waals surface area contributed by atoms with Crippen molar-refractivity contribution in [2.45, 2.75) is 25.8 Å². The maximum Gasteiger partial charge on any atom is 0.223 e. The van der Waals surface area contributed by atoms with Crippen molar-refractivity contribution in [3.05, 3.63) is 41.1 Å². The molecular formula is C15H11ClF2N4. The zero-order chi connectivity index (χ0) is 15.3. The molecule has 4 nitrogen and oxygen atoms in total. The van der Waals surface area contributed by atoms with Gasteiger partial charge in [-0.15, -0.1) is 0 Å². The first-order valence-electron chi connectivity index (χ1n) is 7.00. The van der Waals surface area contributed by atoms with Crippen LogP contribution in [-0.2, 0) is 13.0 Å². The highest BCUT2D eigenvalue weighted by atomic mass is 35.5. The van der Waals surface area contributed by atoms with Crippen LogP contribution in [0.2, 0.25) is 5.28 Å². The van der Waals surface area contributed by atoms with Gasteiger partial charge in [-0.2, -0.15) is 0 Å². The van der Waals surface area contributed by atoms with Crippen molar-refractivity contribution >= 4 is 22.6 Å². The summed E-state index contributed by atoms with van der Waals surface area (Å²) in [6, 6.07) is 2.95. The summed E-state index contributed by atoms with van der Waals surface area (Å²) in [4.78, 5) is 11.8. The summed E-state index contributed by atoms with van der Waals surface area (Å²) < 4.78 is 30.3. The summed E-state index contributed by atoms with van der Waals surface area (Å²) in [6.07, 6.45) is 3.89. The fourth-order valence-electron chi connectivity index (χ4n) is 2.91. The fraction of sp³-hybridized carbons (Fsp3) is 0.267. The molecular weight excluding hydrogens is 310 g/mol. The van der Waals surface area contributed by atoms with E-state index in [0.29, 0.717) is 16.6 Å². The molecule has 0 radical (unpaired) electrons. The number of benzene rings is 1. The summed E-state index contributed by atoms with van der Waals surface area (Å²) in [5.41, 5.74) is 1.31. The monoisotopic (exact) mass is 320 g/mol. The van der Waals surface area contributed by atoms with Crippen molar-refractivity contribution < 1.29 is 8.78 Å². The minimum Gasteiger partial charge on any atom is -0.328 e. The number of hydrogen-bond donors (Lipinski definition) is 0. The topological polar surface area (TPSA) is 43.6 Å². The van der Waals surface area contributed by atoms with Crippen LogP contribution in [0.15, 0.2) is 18.3 Å². The summed E-state index contributed by atoms with van der Waals surface area (Å²) in [6.45, 7) is 0.793. The van der Waals surface area contributed by atoms with Gasteiger partial charge in [-0.05, 0) is 36.6 Å². The van der Waals surface area contributed by atoms with Gasteiger partial charge in [-0.3, -0.25) is 0 Å². The van der Waals surface area contributed by atoms with Gasteiger partial charge in [0.25, 0.3) is 0 Å². The molecule has 1 aliphatic rings. The zero-order valence-corrected chi connectivity index (χ0v) is 12.2. The third-order valence-corrected chi connectivity index (χ3v) is 4.09. The molecule has 3 heterocycles. The van der Waals surface area contributed by atoms with Gasteiger partial charge >= 0.3 is 0 Å². The third-order valence-electron chi connectivity index (χ3n) is 3.91. The van der Waals surface area contributed by atoms with E-state index in [9.17, 15) is 8.78 Å². The number of hydrogen-bond acceptors (Lipinski definition) is 3. The number of rotatable bonds is 1.